The van der Waals surface area contributed by atoms with E-state index in [9.17, 15) is 13.2 Å². The van der Waals surface area contributed by atoms with E-state index in [-0.39, 0.29) is 0 Å². The van der Waals surface area contributed by atoms with Crippen LogP contribution in [0.15, 0.2) is 18.2 Å². The standard InChI is InChI=1S/C14H19NO5S/c1-10(21(2,17)18)14(16)15-6-5-11-3-4-12-13(9-11)20-8-7-19-12/h3-4,9-10H,5-8H2,1-2H3,(H,15,16)/t10-/m0/s1. The Balaban J connectivity index is 1.88. The van der Waals surface area contributed by atoms with E-state index in [1.807, 2.05) is 18.2 Å². The van der Waals surface area contributed by atoms with Gasteiger partial charge in [0.15, 0.2) is 21.3 Å². The molecule has 0 aromatic heterocycles. The molecule has 0 saturated heterocycles. The number of nitrogens with one attached hydrogen (secondary N) is 1. The first-order valence-corrected chi connectivity index (χ1v) is 8.68. The molecule has 116 valence electrons. The predicted octanol–water partition coefficient (Wildman–Crippen LogP) is 0.550. The highest BCUT2D eigenvalue weighted by molar-refractivity contribution is 7.92. The Kier molecular flexibility index (Phi) is 4.72. The summed E-state index contributed by atoms with van der Waals surface area (Å²) in [5.41, 5.74) is 0.992. The number of carbonyl (C=O) groups is 1. The first-order chi connectivity index (χ1) is 9.88. The zero-order valence-corrected chi connectivity index (χ0v) is 12.9. The van der Waals surface area contributed by atoms with Crippen LogP contribution in [0.1, 0.15) is 12.5 Å². The average Bonchev–Trinajstić information content (AvgIpc) is 2.45. The molecule has 1 aliphatic heterocycles. The molecule has 1 heterocycles. The van der Waals surface area contributed by atoms with Crippen LogP contribution in [0.4, 0.5) is 0 Å². The SMILES string of the molecule is C[C@@H](C(=O)NCCc1ccc2c(c1)OCCO2)S(C)(=O)=O. The molecule has 21 heavy (non-hydrogen) atoms. The van der Waals surface area contributed by atoms with Crippen molar-refractivity contribution in [2.75, 3.05) is 26.0 Å². The number of benzene rings is 1. The van der Waals surface area contributed by atoms with E-state index >= 15 is 0 Å². The lowest BCUT2D eigenvalue weighted by molar-refractivity contribution is -0.120. The molecule has 0 fully saturated rings. The summed E-state index contributed by atoms with van der Waals surface area (Å²) in [4.78, 5) is 11.7. The van der Waals surface area contributed by atoms with Gasteiger partial charge in [0.2, 0.25) is 5.91 Å². The molecule has 1 aliphatic rings. The summed E-state index contributed by atoms with van der Waals surface area (Å²) in [5.74, 6) is 0.948. The van der Waals surface area contributed by atoms with E-state index in [0.717, 1.165) is 17.6 Å². The van der Waals surface area contributed by atoms with Crippen LogP contribution in [-0.4, -0.2) is 45.6 Å². The van der Waals surface area contributed by atoms with Crippen LogP contribution in [0.3, 0.4) is 0 Å². The summed E-state index contributed by atoms with van der Waals surface area (Å²) in [6.45, 7) is 2.83. The molecule has 0 saturated carbocycles. The van der Waals surface area contributed by atoms with Gasteiger partial charge in [-0.3, -0.25) is 4.79 Å². The highest BCUT2D eigenvalue weighted by Gasteiger charge is 2.22. The summed E-state index contributed by atoms with van der Waals surface area (Å²) < 4.78 is 33.5. The quantitative estimate of drug-likeness (QED) is 0.858. The molecule has 7 heteroatoms. The molecule has 1 aromatic rings. The molecule has 1 aromatic carbocycles. The molecule has 0 bridgehead atoms. The molecule has 2 rings (SSSR count). The van der Waals surface area contributed by atoms with Crippen molar-refractivity contribution in [1.29, 1.82) is 0 Å². The number of sulfone groups is 1. The third-order valence-electron chi connectivity index (χ3n) is 3.33. The molecule has 6 nitrogen and oxygen atoms in total. The third kappa shape index (κ3) is 4.10. The van der Waals surface area contributed by atoms with E-state index in [4.69, 9.17) is 9.47 Å². The molecule has 1 N–H and O–H groups in total. The van der Waals surface area contributed by atoms with Gasteiger partial charge in [-0.1, -0.05) is 6.07 Å². The first-order valence-electron chi connectivity index (χ1n) is 6.73. The first kappa shape index (κ1) is 15.6. The zero-order valence-electron chi connectivity index (χ0n) is 12.1. The van der Waals surface area contributed by atoms with Gasteiger partial charge in [-0.2, -0.15) is 0 Å². The van der Waals surface area contributed by atoms with Crippen LogP contribution in [0, 0.1) is 0 Å². The second-order valence-electron chi connectivity index (χ2n) is 4.99. The van der Waals surface area contributed by atoms with Crippen LogP contribution >= 0.6 is 0 Å². The molecule has 1 atom stereocenters. The number of fused-ring (bicyclic) bond motifs is 1. The van der Waals surface area contributed by atoms with E-state index in [1.165, 1.54) is 6.92 Å². The number of hydrogen-bond acceptors (Lipinski definition) is 5. The van der Waals surface area contributed by atoms with Gasteiger partial charge in [-0.05, 0) is 31.0 Å². The van der Waals surface area contributed by atoms with Crippen LogP contribution in [0.2, 0.25) is 0 Å². The summed E-state index contributed by atoms with van der Waals surface area (Å²) in [7, 11) is -3.36. The number of hydrogen-bond donors (Lipinski definition) is 1. The lowest BCUT2D eigenvalue weighted by Gasteiger charge is -2.19. The zero-order chi connectivity index (χ0) is 15.5. The van der Waals surface area contributed by atoms with Gasteiger partial charge in [0.05, 0.1) is 0 Å². The van der Waals surface area contributed by atoms with Gasteiger partial charge in [-0.25, -0.2) is 8.42 Å². The molecule has 0 spiro atoms. The van der Waals surface area contributed by atoms with Gasteiger partial charge in [-0.15, -0.1) is 0 Å². The van der Waals surface area contributed by atoms with Gasteiger partial charge in [0.25, 0.3) is 0 Å². The Morgan fingerprint density at radius 2 is 1.95 bits per heavy atom. The molecule has 1 amide bonds. The molecule has 0 radical (unpaired) electrons. The predicted molar refractivity (Wildman–Crippen MR) is 78.5 cm³/mol. The van der Waals surface area contributed by atoms with Gasteiger partial charge >= 0.3 is 0 Å². The maximum absolute atomic E-state index is 11.7. The Labute approximate surface area is 124 Å². The average molecular weight is 313 g/mol. The van der Waals surface area contributed by atoms with E-state index in [1.54, 1.807) is 0 Å². The van der Waals surface area contributed by atoms with Crippen molar-refractivity contribution in [2.24, 2.45) is 0 Å². The number of rotatable bonds is 5. The lowest BCUT2D eigenvalue weighted by atomic mass is 10.1. The minimum absolute atomic E-state index is 0.373. The summed E-state index contributed by atoms with van der Waals surface area (Å²) in [6, 6.07) is 5.62. The van der Waals surface area contributed by atoms with Crippen molar-refractivity contribution in [2.45, 2.75) is 18.6 Å². The fourth-order valence-electron chi connectivity index (χ4n) is 1.91. The normalized spacial score (nSPS) is 15.3. The number of carbonyl (C=O) groups excluding carboxylic acids is 1. The maximum atomic E-state index is 11.7. The third-order valence-corrected chi connectivity index (χ3v) is 4.83. The Morgan fingerprint density at radius 3 is 2.62 bits per heavy atom. The second-order valence-corrected chi connectivity index (χ2v) is 7.36. The minimum atomic E-state index is -3.36. The largest absolute Gasteiger partial charge is 0.486 e. The molecular formula is C14H19NO5S. The summed E-state index contributed by atoms with van der Waals surface area (Å²) >= 11 is 0. The van der Waals surface area contributed by atoms with Crippen molar-refractivity contribution >= 4 is 15.7 Å². The fraction of sp³-hybridized carbons (Fsp3) is 0.500. The van der Waals surface area contributed by atoms with Gasteiger partial charge in [0, 0.05) is 12.8 Å². The van der Waals surface area contributed by atoms with Crippen LogP contribution < -0.4 is 14.8 Å². The minimum Gasteiger partial charge on any atom is -0.486 e. The summed E-state index contributed by atoms with van der Waals surface area (Å²) in [5, 5.41) is 1.60. The van der Waals surface area contributed by atoms with Crippen molar-refractivity contribution < 1.29 is 22.7 Å². The Bertz CT molecular complexity index is 626. The van der Waals surface area contributed by atoms with Gasteiger partial charge in [0.1, 0.15) is 18.5 Å². The van der Waals surface area contributed by atoms with E-state index in [0.29, 0.717) is 31.9 Å². The Hall–Kier alpha value is -1.76. The Morgan fingerprint density at radius 1 is 1.29 bits per heavy atom. The van der Waals surface area contributed by atoms with Crippen molar-refractivity contribution in [3.8, 4) is 11.5 Å². The van der Waals surface area contributed by atoms with E-state index in [2.05, 4.69) is 5.32 Å². The number of amides is 1. The van der Waals surface area contributed by atoms with Gasteiger partial charge < -0.3 is 14.8 Å². The van der Waals surface area contributed by atoms with Crippen LogP contribution in [0.5, 0.6) is 11.5 Å². The highest BCUT2D eigenvalue weighted by atomic mass is 32.2. The molecular weight excluding hydrogens is 294 g/mol. The monoisotopic (exact) mass is 313 g/mol. The van der Waals surface area contributed by atoms with Crippen LogP contribution in [0.25, 0.3) is 0 Å². The topological polar surface area (TPSA) is 81.7 Å². The van der Waals surface area contributed by atoms with Crippen molar-refractivity contribution in [3.63, 3.8) is 0 Å². The van der Waals surface area contributed by atoms with Crippen molar-refractivity contribution in [3.05, 3.63) is 23.8 Å². The lowest BCUT2D eigenvalue weighted by Crippen LogP contribution is -2.38. The highest BCUT2D eigenvalue weighted by Crippen LogP contribution is 2.30. The fourth-order valence-corrected chi connectivity index (χ4v) is 2.38. The van der Waals surface area contributed by atoms with Crippen LogP contribution in [-0.2, 0) is 21.1 Å². The second kappa shape index (κ2) is 6.34. The molecule has 0 aliphatic carbocycles. The smallest absolute Gasteiger partial charge is 0.238 e. The van der Waals surface area contributed by atoms with E-state index < -0.39 is 21.0 Å². The molecule has 0 unspecified atom stereocenters. The summed E-state index contributed by atoms with van der Waals surface area (Å²) in [6.07, 6.45) is 1.65. The number of ether oxygens (including phenoxy) is 2. The maximum Gasteiger partial charge on any atom is 0.238 e. The van der Waals surface area contributed by atoms with Crippen molar-refractivity contribution in [1.82, 2.24) is 5.32 Å².